The van der Waals surface area contributed by atoms with Gasteiger partial charge in [-0.15, -0.1) is 0 Å². The number of likely N-dealkylation sites (tertiary alicyclic amines) is 2. The van der Waals surface area contributed by atoms with Gasteiger partial charge in [0, 0.05) is 63.5 Å². The minimum absolute atomic E-state index is 0.0885. The molecule has 0 radical (unpaired) electrons. The smallest absolute Gasteiger partial charge is 0.225 e. The fraction of sp³-hybridized carbons (Fsp3) is 0.611. The Morgan fingerprint density at radius 2 is 2.17 bits per heavy atom. The molecule has 3 aliphatic heterocycles. The molecule has 3 saturated heterocycles. The van der Waals surface area contributed by atoms with Crippen LogP contribution >= 0.6 is 0 Å². The average molecular weight is 328 g/mol. The van der Waals surface area contributed by atoms with E-state index in [1.165, 1.54) is 5.56 Å². The van der Waals surface area contributed by atoms with Crippen LogP contribution < -0.4 is 5.32 Å². The summed E-state index contributed by atoms with van der Waals surface area (Å²) in [5, 5.41) is 3.30. The van der Waals surface area contributed by atoms with Gasteiger partial charge >= 0.3 is 0 Å². The van der Waals surface area contributed by atoms with Crippen LogP contribution in [0.4, 0.5) is 0 Å². The number of hydrogen-bond donors (Lipinski definition) is 1. The second kappa shape index (κ2) is 5.84. The van der Waals surface area contributed by atoms with Gasteiger partial charge in [0.15, 0.2) is 0 Å². The van der Waals surface area contributed by atoms with E-state index in [0.29, 0.717) is 5.92 Å². The van der Waals surface area contributed by atoms with E-state index in [2.05, 4.69) is 21.3 Å². The highest BCUT2D eigenvalue weighted by atomic mass is 16.2. The van der Waals surface area contributed by atoms with E-state index in [-0.39, 0.29) is 23.3 Å². The Hall–Kier alpha value is -1.95. The summed E-state index contributed by atoms with van der Waals surface area (Å²) in [6, 6.07) is 4.04. The van der Waals surface area contributed by atoms with Gasteiger partial charge in [-0.2, -0.15) is 0 Å². The van der Waals surface area contributed by atoms with Crippen molar-refractivity contribution >= 4 is 11.8 Å². The van der Waals surface area contributed by atoms with Crippen LogP contribution in [-0.2, 0) is 16.1 Å². The van der Waals surface area contributed by atoms with Gasteiger partial charge in [0.25, 0.3) is 0 Å². The van der Waals surface area contributed by atoms with E-state index < -0.39 is 0 Å². The number of hydrogen-bond acceptors (Lipinski definition) is 4. The number of rotatable bonds is 2. The van der Waals surface area contributed by atoms with Gasteiger partial charge in [0.1, 0.15) is 0 Å². The third kappa shape index (κ3) is 2.59. The third-order valence-corrected chi connectivity index (χ3v) is 6.04. The molecule has 0 aliphatic carbocycles. The normalized spacial score (nSPS) is 28.9. The molecule has 0 aromatic carbocycles. The minimum Gasteiger partial charge on any atom is -0.350 e. The summed E-state index contributed by atoms with van der Waals surface area (Å²) in [5.74, 6) is 0.779. The summed E-state index contributed by atoms with van der Waals surface area (Å²) < 4.78 is 0. The van der Waals surface area contributed by atoms with Gasteiger partial charge in [0.05, 0.1) is 5.92 Å². The zero-order valence-corrected chi connectivity index (χ0v) is 14.1. The van der Waals surface area contributed by atoms with E-state index in [0.717, 1.165) is 45.6 Å². The molecule has 24 heavy (non-hydrogen) atoms. The Bertz CT molecular complexity index is 640. The fourth-order valence-corrected chi connectivity index (χ4v) is 4.74. The van der Waals surface area contributed by atoms with Crippen LogP contribution in [0.1, 0.15) is 25.3 Å². The lowest BCUT2D eigenvalue weighted by Gasteiger charge is -2.42. The average Bonchev–Trinajstić information content (AvgIpc) is 3.09. The molecule has 2 amide bonds. The summed E-state index contributed by atoms with van der Waals surface area (Å²) in [5.41, 5.74) is 1.08. The van der Waals surface area contributed by atoms with Crippen molar-refractivity contribution in [3.8, 4) is 0 Å². The molecule has 0 bridgehead atoms. The van der Waals surface area contributed by atoms with E-state index in [1.54, 1.807) is 13.1 Å². The molecule has 128 valence electrons. The number of nitrogens with zero attached hydrogens (tertiary/aromatic N) is 3. The van der Waals surface area contributed by atoms with Crippen molar-refractivity contribution in [1.29, 1.82) is 0 Å². The van der Waals surface area contributed by atoms with Crippen molar-refractivity contribution in [3.05, 3.63) is 30.1 Å². The first-order valence-corrected chi connectivity index (χ1v) is 8.76. The molecule has 0 saturated carbocycles. The molecule has 4 rings (SSSR count). The van der Waals surface area contributed by atoms with Gasteiger partial charge in [-0.25, -0.2) is 0 Å². The van der Waals surface area contributed by atoms with Gasteiger partial charge in [-0.05, 0) is 24.5 Å². The molecule has 1 spiro atoms. The number of piperidine rings is 1. The third-order valence-electron chi connectivity index (χ3n) is 6.04. The maximum Gasteiger partial charge on any atom is 0.225 e. The summed E-state index contributed by atoms with van der Waals surface area (Å²) in [6.07, 6.45) is 5.43. The van der Waals surface area contributed by atoms with Crippen LogP contribution in [0.5, 0.6) is 0 Å². The molecule has 4 heterocycles. The molecular weight excluding hydrogens is 304 g/mol. The van der Waals surface area contributed by atoms with Crippen LogP contribution in [0.2, 0.25) is 0 Å². The maximum absolute atomic E-state index is 12.5. The number of nitrogens with one attached hydrogen (secondary N) is 1. The number of aromatic nitrogens is 1. The number of carbonyl (C=O) groups excluding carboxylic acids is 2. The first-order chi connectivity index (χ1) is 11.6. The SMILES string of the molecule is CC(=O)N1CCC2(CC1)NC(=O)[C@@H]1CN(Cc3cccnc3)C[C@@H]12. The molecule has 6 heteroatoms. The first kappa shape index (κ1) is 15.6. The van der Waals surface area contributed by atoms with Crippen molar-refractivity contribution in [2.75, 3.05) is 26.2 Å². The highest BCUT2D eigenvalue weighted by Crippen LogP contribution is 2.44. The first-order valence-electron chi connectivity index (χ1n) is 8.76. The van der Waals surface area contributed by atoms with Crippen molar-refractivity contribution in [3.63, 3.8) is 0 Å². The Morgan fingerprint density at radius 1 is 1.38 bits per heavy atom. The van der Waals surface area contributed by atoms with Crippen molar-refractivity contribution in [2.24, 2.45) is 11.8 Å². The Labute approximate surface area is 142 Å². The second-order valence-corrected chi connectivity index (χ2v) is 7.42. The fourth-order valence-electron chi connectivity index (χ4n) is 4.74. The van der Waals surface area contributed by atoms with Gasteiger partial charge in [0.2, 0.25) is 11.8 Å². The second-order valence-electron chi connectivity index (χ2n) is 7.42. The van der Waals surface area contributed by atoms with Crippen LogP contribution in [0.15, 0.2) is 24.5 Å². The Balaban J connectivity index is 1.46. The van der Waals surface area contributed by atoms with E-state index in [1.807, 2.05) is 17.2 Å². The lowest BCUT2D eigenvalue weighted by molar-refractivity contribution is -0.130. The predicted octanol–water partition coefficient (Wildman–Crippen LogP) is 0.641. The Kier molecular flexibility index (Phi) is 3.79. The van der Waals surface area contributed by atoms with Crippen LogP contribution in [0.3, 0.4) is 0 Å². The predicted molar refractivity (Wildman–Crippen MR) is 88.9 cm³/mol. The molecular formula is C18H24N4O2. The van der Waals surface area contributed by atoms with E-state index in [9.17, 15) is 9.59 Å². The maximum atomic E-state index is 12.5. The van der Waals surface area contributed by atoms with E-state index in [4.69, 9.17) is 0 Å². The summed E-state index contributed by atoms with van der Waals surface area (Å²) in [6.45, 7) is 5.74. The monoisotopic (exact) mass is 328 g/mol. The molecule has 1 aromatic rings. The zero-order valence-electron chi connectivity index (χ0n) is 14.1. The summed E-state index contributed by atoms with van der Waals surface area (Å²) in [7, 11) is 0. The van der Waals surface area contributed by atoms with Gasteiger partial charge < -0.3 is 10.2 Å². The molecule has 3 aliphatic rings. The van der Waals surface area contributed by atoms with Crippen molar-refractivity contribution in [2.45, 2.75) is 31.8 Å². The Morgan fingerprint density at radius 3 is 2.83 bits per heavy atom. The standard InChI is InChI=1S/C18H24N4O2/c1-13(23)22-7-4-18(5-8-22)16-12-21(11-15(16)17(24)20-18)10-14-3-2-6-19-9-14/h2-3,6,9,15-16H,4-5,7-8,10-12H2,1H3,(H,20,24)/t15-,16+/m1/s1. The van der Waals surface area contributed by atoms with Gasteiger partial charge in [-0.3, -0.25) is 19.5 Å². The van der Waals surface area contributed by atoms with Gasteiger partial charge in [-0.1, -0.05) is 6.07 Å². The number of fused-ring (bicyclic) bond motifs is 2. The lowest BCUT2D eigenvalue weighted by Crippen LogP contribution is -2.56. The lowest BCUT2D eigenvalue weighted by atomic mass is 9.75. The summed E-state index contributed by atoms with van der Waals surface area (Å²) in [4.78, 5) is 32.5. The number of pyridine rings is 1. The molecule has 3 fully saturated rings. The largest absolute Gasteiger partial charge is 0.350 e. The highest BCUT2D eigenvalue weighted by molar-refractivity contribution is 5.84. The molecule has 6 nitrogen and oxygen atoms in total. The quantitative estimate of drug-likeness (QED) is 0.865. The van der Waals surface area contributed by atoms with E-state index >= 15 is 0 Å². The molecule has 1 N–H and O–H groups in total. The molecule has 1 aromatic heterocycles. The number of carbonyl (C=O) groups is 2. The molecule has 0 unspecified atom stereocenters. The van der Waals surface area contributed by atoms with Crippen LogP contribution in [0, 0.1) is 11.8 Å². The summed E-state index contributed by atoms with van der Waals surface area (Å²) >= 11 is 0. The minimum atomic E-state index is -0.114. The van der Waals surface area contributed by atoms with Crippen LogP contribution in [0.25, 0.3) is 0 Å². The van der Waals surface area contributed by atoms with Crippen molar-refractivity contribution < 1.29 is 9.59 Å². The molecule has 2 atom stereocenters. The van der Waals surface area contributed by atoms with Crippen LogP contribution in [-0.4, -0.2) is 58.3 Å². The zero-order chi connectivity index (χ0) is 16.7. The number of amides is 2. The highest BCUT2D eigenvalue weighted by Gasteiger charge is 2.57. The topological polar surface area (TPSA) is 65.5 Å². The van der Waals surface area contributed by atoms with Crippen molar-refractivity contribution in [1.82, 2.24) is 20.1 Å².